The molecule has 0 aromatic rings. The van der Waals surface area contributed by atoms with Gasteiger partial charge in [-0.05, 0) is 0 Å². The van der Waals surface area contributed by atoms with Crippen molar-refractivity contribution in [1.82, 2.24) is 0 Å². The first kappa shape index (κ1) is 13.8. The first-order chi connectivity index (χ1) is 6.63. The van der Waals surface area contributed by atoms with Gasteiger partial charge in [-0.15, -0.1) is 0 Å². The summed E-state index contributed by atoms with van der Waals surface area (Å²) in [5, 5.41) is 16.7. The van der Waals surface area contributed by atoms with Crippen LogP contribution in [-0.2, 0) is 24.2 Å². The number of aliphatic carboxylic acids is 2. The average molecular weight is 243 g/mol. The Balaban J connectivity index is 4.56. The second-order valence-electron chi connectivity index (χ2n) is 2.53. The molecule has 10 heteroatoms. The fraction of sp³-hybridized carbons (Fsp3) is 0.600. The molecule has 0 saturated carbocycles. The number of carboxylic acids is 2. The van der Waals surface area contributed by atoms with Crippen molar-refractivity contribution in [2.75, 3.05) is 0 Å². The van der Waals surface area contributed by atoms with Gasteiger partial charge >= 0.3 is 22.3 Å². The van der Waals surface area contributed by atoms with Crippen molar-refractivity contribution in [2.45, 2.75) is 18.6 Å². The Morgan fingerprint density at radius 1 is 1.27 bits per heavy atom. The van der Waals surface area contributed by atoms with Gasteiger partial charge in [0.25, 0.3) is 0 Å². The minimum Gasteiger partial charge on any atom is -0.480 e. The molecule has 0 rings (SSSR count). The van der Waals surface area contributed by atoms with Crippen LogP contribution in [0.4, 0.5) is 0 Å². The molecule has 0 aromatic carbocycles. The maximum absolute atomic E-state index is 10.4. The summed E-state index contributed by atoms with van der Waals surface area (Å²) >= 11 is 0. The smallest absolute Gasteiger partial charge is 0.398 e. The summed E-state index contributed by atoms with van der Waals surface area (Å²) in [7, 11) is -4.97. The van der Waals surface area contributed by atoms with E-state index in [0.29, 0.717) is 0 Å². The van der Waals surface area contributed by atoms with E-state index in [0.717, 1.165) is 0 Å². The Hall–Kier alpha value is -1.23. The van der Waals surface area contributed by atoms with Crippen LogP contribution in [0, 0.1) is 0 Å². The molecule has 0 aromatic heterocycles. The summed E-state index contributed by atoms with van der Waals surface area (Å²) in [6, 6.07) is -1.60. The Bertz CT molecular complexity index is 348. The van der Waals surface area contributed by atoms with Gasteiger partial charge in [-0.25, -0.2) is 8.98 Å². The highest BCUT2D eigenvalue weighted by atomic mass is 32.3. The Kier molecular flexibility index (Phi) is 4.61. The van der Waals surface area contributed by atoms with Crippen molar-refractivity contribution >= 4 is 22.3 Å². The lowest BCUT2D eigenvalue weighted by Crippen LogP contribution is -2.38. The van der Waals surface area contributed by atoms with E-state index in [2.05, 4.69) is 4.18 Å². The zero-order valence-electron chi connectivity index (χ0n) is 7.23. The minimum absolute atomic E-state index is 0.787. The van der Waals surface area contributed by atoms with Crippen LogP contribution < -0.4 is 5.73 Å². The van der Waals surface area contributed by atoms with Gasteiger partial charge in [0.1, 0.15) is 6.04 Å². The normalized spacial score (nSPS) is 15.6. The fourth-order valence-corrected chi connectivity index (χ4v) is 1.11. The third kappa shape index (κ3) is 5.96. The fourth-order valence-electron chi connectivity index (χ4n) is 0.659. The van der Waals surface area contributed by atoms with Crippen molar-refractivity contribution in [3.63, 3.8) is 0 Å². The largest absolute Gasteiger partial charge is 0.480 e. The summed E-state index contributed by atoms with van der Waals surface area (Å²) in [5.74, 6) is -3.26. The molecule has 0 unspecified atom stereocenters. The third-order valence-corrected chi connectivity index (χ3v) is 1.77. The molecule has 0 bridgehead atoms. The summed E-state index contributed by atoms with van der Waals surface area (Å²) in [6.07, 6.45) is -2.82. The van der Waals surface area contributed by atoms with E-state index in [1.165, 1.54) is 0 Å². The maximum atomic E-state index is 10.4. The van der Waals surface area contributed by atoms with Gasteiger partial charge in [-0.2, -0.15) is 8.42 Å². The Labute approximate surface area is 84.4 Å². The van der Waals surface area contributed by atoms with Gasteiger partial charge in [0.05, 0.1) is 0 Å². The Morgan fingerprint density at radius 3 is 2.00 bits per heavy atom. The molecule has 9 nitrogen and oxygen atoms in total. The standard InChI is InChI=1S/C5H9NO8S/c6-2(4(7)8)1-3(5(9)10)14-15(11,12)13/h2-3H,1,6H2,(H,7,8)(H,9,10)(H,11,12,13)/t2-,3-/m1/s1. The quantitative estimate of drug-likeness (QED) is 0.388. The van der Waals surface area contributed by atoms with Crippen molar-refractivity contribution in [3.8, 4) is 0 Å². The number of carbonyl (C=O) groups is 2. The highest BCUT2D eigenvalue weighted by Gasteiger charge is 2.29. The molecule has 5 N–H and O–H groups in total. The first-order valence-electron chi connectivity index (χ1n) is 3.50. The second-order valence-corrected chi connectivity index (χ2v) is 3.58. The van der Waals surface area contributed by atoms with E-state index >= 15 is 0 Å². The van der Waals surface area contributed by atoms with Gasteiger partial charge < -0.3 is 15.9 Å². The average Bonchev–Trinajstić information content (AvgIpc) is 1.99. The summed E-state index contributed by atoms with van der Waals surface area (Å²) < 4.78 is 32.3. The molecule has 0 aliphatic heterocycles. The van der Waals surface area contributed by atoms with E-state index in [1.807, 2.05) is 0 Å². The molecular formula is C5H9NO8S. The number of hydrogen-bond donors (Lipinski definition) is 4. The van der Waals surface area contributed by atoms with Crippen LogP contribution in [0.5, 0.6) is 0 Å². The molecule has 15 heavy (non-hydrogen) atoms. The molecule has 0 saturated heterocycles. The van der Waals surface area contributed by atoms with Crippen LogP contribution in [-0.4, -0.2) is 47.3 Å². The highest BCUT2D eigenvalue weighted by Crippen LogP contribution is 2.05. The monoisotopic (exact) mass is 243 g/mol. The van der Waals surface area contributed by atoms with Crippen molar-refractivity contribution in [3.05, 3.63) is 0 Å². The maximum Gasteiger partial charge on any atom is 0.398 e. The number of carboxylic acid groups (broad SMARTS) is 2. The first-order valence-corrected chi connectivity index (χ1v) is 4.87. The molecule has 0 spiro atoms. The molecule has 0 radical (unpaired) electrons. The lowest BCUT2D eigenvalue weighted by Gasteiger charge is -2.12. The summed E-state index contributed by atoms with van der Waals surface area (Å²) in [5.41, 5.74) is 4.95. The van der Waals surface area contributed by atoms with Crippen LogP contribution >= 0.6 is 0 Å². The predicted molar refractivity (Wildman–Crippen MR) is 44.3 cm³/mol. The molecule has 0 aliphatic rings. The molecule has 0 fully saturated rings. The number of hydrogen-bond acceptors (Lipinski definition) is 6. The molecule has 0 amide bonds. The number of rotatable bonds is 6. The van der Waals surface area contributed by atoms with E-state index in [4.69, 9.17) is 20.5 Å². The SMILES string of the molecule is N[C@H](C[C@@H](OS(=O)(=O)O)C(=O)O)C(=O)O. The lowest BCUT2D eigenvalue weighted by molar-refractivity contribution is -0.147. The van der Waals surface area contributed by atoms with E-state index in [1.54, 1.807) is 0 Å². The third-order valence-electron chi connectivity index (χ3n) is 1.30. The van der Waals surface area contributed by atoms with E-state index in [-0.39, 0.29) is 0 Å². The van der Waals surface area contributed by atoms with Crippen molar-refractivity contribution < 1.29 is 37.0 Å². The van der Waals surface area contributed by atoms with Gasteiger partial charge in [0, 0.05) is 6.42 Å². The topological polar surface area (TPSA) is 164 Å². The zero-order chi connectivity index (χ0) is 12.2. The van der Waals surface area contributed by atoms with Gasteiger partial charge in [-0.1, -0.05) is 0 Å². The van der Waals surface area contributed by atoms with Gasteiger partial charge in [-0.3, -0.25) is 9.35 Å². The Morgan fingerprint density at radius 2 is 1.73 bits per heavy atom. The van der Waals surface area contributed by atoms with Gasteiger partial charge in [0.2, 0.25) is 0 Å². The molecule has 88 valence electrons. The van der Waals surface area contributed by atoms with E-state index in [9.17, 15) is 18.0 Å². The van der Waals surface area contributed by atoms with Crippen LogP contribution in [0.3, 0.4) is 0 Å². The molecule has 0 aliphatic carbocycles. The van der Waals surface area contributed by atoms with Crippen LogP contribution in [0.1, 0.15) is 6.42 Å². The molecule has 0 heterocycles. The highest BCUT2D eigenvalue weighted by molar-refractivity contribution is 7.80. The number of nitrogens with two attached hydrogens (primary N) is 1. The van der Waals surface area contributed by atoms with Crippen molar-refractivity contribution in [1.29, 1.82) is 0 Å². The van der Waals surface area contributed by atoms with Crippen LogP contribution in [0.25, 0.3) is 0 Å². The summed E-state index contributed by atoms with van der Waals surface area (Å²) in [6.45, 7) is 0. The lowest BCUT2D eigenvalue weighted by atomic mass is 10.1. The van der Waals surface area contributed by atoms with Gasteiger partial charge in [0.15, 0.2) is 6.10 Å². The second kappa shape index (κ2) is 5.02. The summed E-state index contributed by atoms with van der Waals surface area (Å²) in [4.78, 5) is 20.6. The van der Waals surface area contributed by atoms with Crippen LogP contribution in [0.2, 0.25) is 0 Å². The van der Waals surface area contributed by atoms with Crippen LogP contribution in [0.15, 0.2) is 0 Å². The van der Waals surface area contributed by atoms with Crippen molar-refractivity contribution in [2.24, 2.45) is 5.73 Å². The predicted octanol–water partition coefficient (Wildman–Crippen LogP) is -1.94. The van der Waals surface area contributed by atoms with E-state index < -0.39 is 40.9 Å². The molecular weight excluding hydrogens is 234 g/mol. The zero-order valence-corrected chi connectivity index (χ0v) is 8.05. The molecule has 2 atom stereocenters. The minimum atomic E-state index is -4.97.